The van der Waals surface area contributed by atoms with Crippen LogP contribution in [0.4, 0.5) is 20.2 Å². The molecule has 0 saturated carbocycles. The summed E-state index contributed by atoms with van der Waals surface area (Å²) in [4.78, 5) is 12.4. The van der Waals surface area contributed by atoms with Crippen molar-refractivity contribution in [1.82, 2.24) is 0 Å². The second kappa shape index (κ2) is 6.95. The topological polar surface area (TPSA) is 46.4 Å². The molecule has 1 saturated heterocycles. The first-order valence-corrected chi connectivity index (χ1v) is 7.95. The van der Waals surface area contributed by atoms with Gasteiger partial charge in [-0.05, 0) is 37.0 Å². The molecule has 24 heavy (non-hydrogen) atoms. The summed E-state index contributed by atoms with van der Waals surface area (Å²) in [6.07, 6.45) is 0.421. The van der Waals surface area contributed by atoms with Crippen LogP contribution in [0.2, 0.25) is 0 Å². The van der Waals surface area contributed by atoms with Crippen molar-refractivity contribution in [2.24, 2.45) is 0 Å². The van der Waals surface area contributed by atoms with Gasteiger partial charge in [-0.2, -0.15) is 0 Å². The van der Waals surface area contributed by atoms with Gasteiger partial charge in [-0.1, -0.05) is 30.3 Å². The highest BCUT2D eigenvalue weighted by atomic mass is 19.1. The summed E-state index contributed by atoms with van der Waals surface area (Å²) in [6, 6.07) is 12.5. The van der Waals surface area contributed by atoms with Crippen LogP contribution in [0.15, 0.2) is 48.5 Å². The van der Waals surface area contributed by atoms with Gasteiger partial charge in [0, 0.05) is 6.54 Å². The Morgan fingerprint density at radius 2 is 1.96 bits per heavy atom. The Kier molecular flexibility index (Phi) is 4.74. The van der Waals surface area contributed by atoms with E-state index in [2.05, 4.69) is 0 Å². The standard InChI is InChI=1S/C18H18F2N2O2/c19-14-8-9-16(18(12-14)22(23)24)21-10-4-7-15(20)17(21)11-13-5-2-1-3-6-13/h1-3,5-6,8-9,12,15,17H,4,7,10-11H2/t15-,17-/m0/s1. The summed E-state index contributed by atoms with van der Waals surface area (Å²) < 4.78 is 28.0. The highest BCUT2D eigenvalue weighted by Crippen LogP contribution is 2.35. The lowest BCUT2D eigenvalue weighted by molar-refractivity contribution is -0.384. The molecule has 0 amide bonds. The summed E-state index contributed by atoms with van der Waals surface area (Å²) in [5, 5.41) is 11.3. The first-order valence-electron chi connectivity index (χ1n) is 7.95. The van der Waals surface area contributed by atoms with Crippen molar-refractivity contribution in [3.63, 3.8) is 0 Å². The predicted octanol–water partition coefficient (Wildman–Crippen LogP) is 4.28. The van der Waals surface area contributed by atoms with Crippen LogP contribution >= 0.6 is 0 Å². The molecule has 2 aromatic rings. The van der Waals surface area contributed by atoms with Crippen molar-refractivity contribution in [2.75, 3.05) is 11.4 Å². The van der Waals surface area contributed by atoms with Gasteiger partial charge in [0.2, 0.25) is 0 Å². The van der Waals surface area contributed by atoms with Gasteiger partial charge in [-0.15, -0.1) is 0 Å². The summed E-state index contributed by atoms with van der Waals surface area (Å²) >= 11 is 0. The zero-order chi connectivity index (χ0) is 17.1. The van der Waals surface area contributed by atoms with Gasteiger partial charge in [-0.25, -0.2) is 8.78 Å². The molecule has 126 valence electrons. The first-order chi connectivity index (χ1) is 11.6. The Labute approximate surface area is 138 Å². The molecule has 0 bridgehead atoms. The molecule has 0 aromatic heterocycles. The van der Waals surface area contributed by atoms with Crippen LogP contribution in [0, 0.1) is 15.9 Å². The van der Waals surface area contributed by atoms with E-state index in [-0.39, 0.29) is 11.4 Å². The highest BCUT2D eigenvalue weighted by molar-refractivity contribution is 5.64. The molecule has 1 fully saturated rings. The van der Waals surface area contributed by atoms with Crippen molar-refractivity contribution < 1.29 is 13.7 Å². The lowest BCUT2D eigenvalue weighted by Gasteiger charge is -2.39. The average molecular weight is 332 g/mol. The maximum Gasteiger partial charge on any atom is 0.295 e. The first kappa shape index (κ1) is 16.4. The summed E-state index contributed by atoms with van der Waals surface area (Å²) in [5.41, 5.74) is 0.939. The van der Waals surface area contributed by atoms with Crippen molar-refractivity contribution in [3.05, 3.63) is 70.0 Å². The van der Waals surface area contributed by atoms with Crippen molar-refractivity contribution >= 4 is 11.4 Å². The molecule has 2 atom stereocenters. The number of rotatable bonds is 4. The minimum atomic E-state index is -1.08. The zero-order valence-electron chi connectivity index (χ0n) is 13.1. The maximum atomic E-state index is 14.6. The van der Waals surface area contributed by atoms with Crippen molar-refractivity contribution in [3.8, 4) is 0 Å². The third kappa shape index (κ3) is 3.37. The van der Waals surface area contributed by atoms with E-state index >= 15 is 0 Å². The van der Waals surface area contributed by atoms with Crippen molar-refractivity contribution in [2.45, 2.75) is 31.5 Å². The molecule has 1 heterocycles. The van der Waals surface area contributed by atoms with Crippen LogP contribution in [0.5, 0.6) is 0 Å². The Hall–Kier alpha value is -2.50. The molecule has 0 unspecified atom stereocenters. The predicted molar refractivity (Wildman–Crippen MR) is 88.5 cm³/mol. The fraction of sp³-hybridized carbons (Fsp3) is 0.333. The number of halogens is 2. The third-order valence-corrected chi connectivity index (χ3v) is 4.43. The number of nitrogens with zero attached hydrogens (tertiary/aromatic N) is 2. The van der Waals surface area contributed by atoms with Crippen LogP contribution in [-0.2, 0) is 6.42 Å². The second-order valence-corrected chi connectivity index (χ2v) is 6.00. The summed E-state index contributed by atoms with van der Waals surface area (Å²) in [5.74, 6) is -0.668. The molecular weight excluding hydrogens is 314 g/mol. The minimum absolute atomic E-state index is 0.282. The van der Waals surface area contributed by atoms with Gasteiger partial charge in [0.15, 0.2) is 0 Å². The number of benzene rings is 2. The molecule has 4 nitrogen and oxygen atoms in total. The van der Waals surface area contributed by atoms with Gasteiger partial charge in [0.1, 0.15) is 17.7 Å². The molecule has 2 aromatic carbocycles. The number of alkyl halides is 1. The van der Waals surface area contributed by atoms with Crippen LogP contribution in [0.1, 0.15) is 18.4 Å². The Balaban J connectivity index is 1.96. The largest absolute Gasteiger partial charge is 0.360 e. The third-order valence-electron chi connectivity index (χ3n) is 4.43. The van der Waals surface area contributed by atoms with E-state index < -0.39 is 23.0 Å². The van der Waals surface area contributed by atoms with Crippen LogP contribution in [0.3, 0.4) is 0 Å². The van der Waals surface area contributed by atoms with E-state index in [0.717, 1.165) is 11.6 Å². The fourth-order valence-corrected chi connectivity index (χ4v) is 3.29. The monoisotopic (exact) mass is 332 g/mol. The van der Waals surface area contributed by atoms with E-state index in [1.807, 2.05) is 30.3 Å². The lowest BCUT2D eigenvalue weighted by Crippen LogP contribution is -2.48. The van der Waals surface area contributed by atoms with Gasteiger partial charge in [-0.3, -0.25) is 10.1 Å². The van der Waals surface area contributed by atoms with Crippen molar-refractivity contribution in [1.29, 1.82) is 0 Å². The molecule has 0 radical (unpaired) electrons. The van der Waals surface area contributed by atoms with E-state index in [1.54, 1.807) is 4.90 Å². The SMILES string of the molecule is O=[N+]([O-])c1cc(F)ccc1N1CCC[C@H](F)[C@@H]1Cc1ccccc1. The van der Waals surface area contributed by atoms with Gasteiger partial charge < -0.3 is 4.90 Å². The van der Waals surface area contributed by atoms with E-state index in [9.17, 15) is 18.9 Å². The van der Waals surface area contributed by atoms with Gasteiger partial charge in [0.25, 0.3) is 5.69 Å². The normalized spacial score (nSPS) is 20.8. The number of hydrogen-bond acceptors (Lipinski definition) is 3. The average Bonchev–Trinajstić information content (AvgIpc) is 2.58. The molecule has 1 aliphatic rings. The number of hydrogen-bond donors (Lipinski definition) is 0. The number of nitro groups is 1. The van der Waals surface area contributed by atoms with E-state index in [4.69, 9.17) is 0 Å². The molecule has 6 heteroatoms. The minimum Gasteiger partial charge on any atom is -0.360 e. The zero-order valence-corrected chi connectivity index (χ0v) is 13.1. The Morgan fingerprint density at radius 3 is 2.67 bits per heavy atom. The molecule has 0 N–H and O–H groups in total. The van der Waals surface area contributed by atoms with Crippen LogP contribution in [0.25, 0.3) is 0 Å². The smallest absolute Gasteiger partial charge is 0.295 e. The molecule has 3 rings (SSSR count). The Bertz CT molecular complexity index is 724. The van der Waals surface area contributed by atoms with Gasteiger partial charge >= 0.3 is 0 Å². The second-order valence-electron chi connectivity index (χ2n) is 6.00. The molecule has 0 aliphatic carbocycles. The Morgan fingerprint density at radius 1 is 1.21 bits per heavy atom. The number of nitro benzene ring substituents is 1. The maximum absolute atomic E-state index is 14.6. The highest BCUT2D eigenvalue weighted by Gasteiger charge is 2.34. The van der Waals surface area contributed by atoms with E-state index in [1.165, 1.54) is 12.1 Å². The molecular formula is C18H18F2N2O2. The molecule has 1 aliphatic heterocycles. The lowest BCUT2D eigenvalue weighted by atomic mass is 9.93. The van der Waals surface area contributed by atoms with Crippen LogP contribution in [-0.4, -0.2) is 23.7 Å². The van der Waals surface area contributed by atoms with E-state index in [0.29, 0.717) is 25.8 Å². The molecule has 0 spiro atoms. The summed E-state index contributed by atoms with van der Waals surface area (Å²) in [7, 11) is 0. The van der Waals surface area contributed by atoms with Gasteiger partial charge in [0.05, 0.1) is 17.0 Å². The number of piperidine rings is 1. The quantitative estimate of drug-likeness (QED) is 0.620. The number of anilines is 1. The summed E-state index contributed by atoms with van der Waals surface area (Å²) in [6.45, 7) is 0.518. The fourth-order valence-electron chi connectivity index (χ4n) is 3.29. The van der Waals surface area contributed by atoms with Crippen LogP contribution < -0.4 is 4.90 Å².